The molecule has 1 fully saturated rings. The van der Waals surface area contributed by atoms with E-state index in [4.69, 9.17) is 4.74 Å². The summed E-state index contributed by atoms with van der Waals surface area (Å²) in [6, 6.07) is 25.3. The van der Waals surface area contributed by atoms with Crippen molar-refractivity contribution in [1.82, 2.24) is 14.8 Å². The molecule has 3 aromatic carbocycles. The van der Waals surface area contributed by atoms with Crippen LogP contribution < -0.4 is 10.1 Å². The van der Waals surface area contributed by atoms with Crippen molar-refractivity contribution in [2.45, 2.75) is 58.5 Å². The maximum atomic E-state index is 13.7. The lowest BCUT2D eigenvalue weighted by molar-refractivity contribution is 0.0734. The molecule has 1 aromatic heterocycles. The van der Waals surface area contributed by atoms with Crippen molar-refractivity contribution in [1.29, 1.82) is 0 Å². The Hall–Kier alpha value is -3.90. The SMILES string of the molecule is CCCCn1c(C)c(C(=O)NC2CCN(CCc3ccccc3)CC2)c2cc(OC(=O)c3ccccc3)ccc21. The van der Waals surface area contributed by atoms with E-state index in [0.29, 0.717) is 16.9 Å². The minimum Gasteiger partial charge on any atom is -0.423 e. The molecule has 1 amide bonds. The van der Waals surface area contributed by atoms with Gasteiger partial charge in [0, 0.05) is 48.8 Å². The number of amides is 1. The summed E-state index contributed by atoms with van der Waals surface area (Å²) in [5, 5.41) is 4.16. The number of benzene rings is 3. The van der Waals surface area contributed by atoms with E-state index in [0.717, 1.165) is 74.9 Å². The van der Waals surface area contributed by atoms with Gasteiger partial charge in [-0.05, 0) is 68.5 Å². The molecule has 0 radical (unpaired) electrons. The number of carbonyl (C=O) groups is 2. The highest BCUT2D eigenvalue weighted by molar-refractivity contribution is 6.09. The molecule has 0 bridgehead atoms. The van der Waals surface area contributed by atoms with E-state index in [-0.39, 0.29) is 11.9 Å². The molecule has 6 heteroatoms. The molecular formula is C34H39N3O3. The van der Waals surface area contributed by atoms with Gasteiger partial charge in [0.05, 0.1) is 11.1 Å². The van der Waals surface area contributed by atoms with Gasteiger partial charge < -0.3 is 19.5 Å². The summed E-state index contributed by atoms with van der Waals surface area (Å²) in [7, 11) is 0. The fourth-order valence-corrected chi connectivity index (χ4v) is 5.65. The van der Waals surface area contributed by atoms with Crippen LogP contribution in [0.2, 0.25) is 0 Å². The number of esters is 1. The van der Waals surface area contributed by atoms with Crippen LogP contribution in [0.3, 0.4) is 0 Å². The third kappa shape index (κ3) is 6.45. The lowest BCUT2D eigenvalue weighted by Crippen LogP contribution is -2.45. The quantitative estimate of drug-likeness (QED) is 0.188. The second kappa shape index (κ2) is 13.0. The molecule has 5 rings (SSSR count). The van der Waals surface area contributed by atoms with Crippen LogP contribution in [-0.2, 0) is 13.0 Å². The first-order valence-corrected chi connectivity index (χ1v) is 14.5. The van der Waals surface area contributed by atoms with Crippen molar-refractivity contribution < 1.29 is 14.3 Å². The average molecular weight is 538 g/mol. The normalized spacial score (nSPS) is 14.3. The van der Waals surface area contributed by atoms with E-state index in [1.54, 1.807) is 12.1 Å². The first-order valence-electron chi connectivity index (χ1n) is 14.5. The summed E-state index contributed by atoms with van der Waals surface area (Å²) in [6.07, 6.45) is 5.02. The minimum atomic E-state index is -0.410. The predicted molar refractivity (Wildman–Crippen MR) is 160 cm³/mol. The van der Waals surface area contributed by atoms with Gasteiger partial charge in [-0.3, -0.25) is 4.79 Å². The van der Waals surface area contributed by atoms with Crippen LogP contribution in [0.5, 0.6) is 5.75 Å². The molecule has 0 aliphatic carbocycles. The molecule has 1 N–H and O–H groups in total. The van der Waals surface area contributed by atoms with Gasteiger partial charge in [0.2, 0.25) is 0 Å². The average Bonchev–Trinajstić information content (AvgIpc) is 3.26. The van der Waals surface area contributed by atoms with Gasteiger partial charge in [-0.2, -0.15) is 0 Å². The van der Waals surface area contributed by atoms with Gasteiger partial charge in [0.25, 0.3) is 5.91 Å². The zero-order valence-corrected chi connectivity index (χ0v) is 23.6. The van der Waals surface area contributed by atoms with Gasteiger partial charge in [-0.1, -0.05) is 61.9 Å². The third-order valence-electron chi connectivity index (χ3n) is 7.96. The Bertz CT molecular complexity index is 1440. The Labute approximate surface area is 236 Å². The molecule has 1 aliphatic rings. The van der Waals surface area contributed by atoms with E-state index < -0.39 is 5.97 Å². The Morgan fingerprint density at radius 3 is 2.33 bits per heavy atom. The topological polar surface area (TPSA) is 63.6 Å². The van der Waals surface area contributed by atoms with Crippen molar-refractivity contribution in [3.05, 3.63) is 101 Å². The maximum Gasteiger partial charge on any atom is 0.343 e. The molecule has 0 saturated carbocycles. The van der Waals surface area contributed by atoms with Gasteiger partial charge in [-0.25, -0.2) is 4.79 Å². The first-order chi connectivity index (χ1) is 19.5. The molecular weight excluding hydrogens is 498 g/mol. The monoisotopic (exact) mass is 537 g/mol. The predicted octanol–water partition coefficient (Wildman–Crippen LogP) is 6.41. The summed E-state index contributed by atoms with van der Waals surface area (Å²) >= 11 is 0. The Morgan fingerprint density at radius 2 is 1.62 bits per heavy atom. The van der Waals surface area contributed by atoms with Crippen molar-refractivity contribution in [2.75, 3.05) is 19.6 Å². The second-order valence-electron chi connectivity index (χ2n) is 10.7. The number of nitrogens with one attached hydrogen (secondary N) is 1. The van der Waals surface area contributed by atoms with E-state index in [2.05, 4.69) is 52.0 Å². The van der Waals surface area contributed by atoms with Crippen molar-refractivity contribution in [3.8, 4) is 5.75 Å². The lowest BCUT2D eigenvalue weighted by atomic mass is 10.0. The highest BCUT2D eigenvalue weighted by Crippen LogP contribution is 2.31. The standard InChI is InChI=1S/C34H39N3O3/c1-3-4-20-37-25(2)32(30-24-29(15-16-31(30)37)40-34(39)27-13-9-6-10-14-27)33(38)35-28-18-22-36(23-19-28)21-17-26-11-7-5-8-12-26/h5-16,24,28H,3-4,17-23H2,1-2H3,(H,35,38). The van der Waals surface area contributed by atoms with Crippen LogP contribution in [0, 0.1) is 6.92 Å². The number of fused-ring (bicyclic) bond motifs is 1. The zero-order chi connectivity index (χ0) is 27.9. The lowest BCUT2D eigenvalue weighted by Gasteiger charge is -2.32. The molecule has 4 aromatic rings. The minimum absolute atomic E-state index is 0.0491. The summed E-state index contributed by atoms with van der Waals surface area (Å²) in [5.41, 5.74) is 4.48. The largest absolute Gasteiger partial charge is 0.423 e. The van der Waals surface area contributed by atoms with Gasteiger partial charge in [0.15, 0.2) is 0 Å². The number of carbonyl (C=O) groups excluding carboxylic acids is 2. The van der Waals surface area contributed by atoms with E-state index >= 15 is 0 Å². The third-order valence-corrected chi connectivity index (χ3v) is 7.96. The molecule has 6 nitrogen and oxygen atoms in total. The fraction of sp³-hybridized carbons (Fsp3) is 0.353. The molecule has 0 spiro atoms. The van der Waals surface area contributed by atoms with E-state index in [1.807, 2.05) is 43.3 Å². The maximum absolute atomic E-state index is 13.7. The highest BCUT2D eigenvalue weighted by Gasteiger charge is 2.25. The number of aryl methyl sites for hydroxylation is 1. The Balaban J connectivity index is 1.29. The highest BCUT2D eigenvalue weighted by atomic mass is 16.5. The molecule has 1 saturated heterocycles. The molecule has 0 unspecified atom stereocenters. The number of piperidine rings is 1. The first kappa shape index (κ1) is 27.7. The second-order valence-corrected chi connectivity index (χ2v) is 10.7. The summed E-state index contributed by atoms with van der Waals surface area (Å²) in [4.78, 5) is 28.9. The van der Waals surface area contributed by atoms with Crippen LogP contribution in [0.4, 0.5) is 0 Å². The van der Waals surface area contributed by atoms with Crippen LogP contribution >= 0.6 is 0 Å². The molecule has 0 atom stereocenters. The fourth-order valence-electron chi connectivity index (χ4n) is 5.65. The van der Waals surface area contributed by atoms with Gasteiger partial charge >= 0.3 is 5.97 Å². The molecule has 2 heterocycles. The zero-order valence-electron chi connectivity index (χ0n) is 23.6. The number of hydrogen-bond acceptors (Lipinski definition) is 4. The van der Waals surface area contributed by atoms with Crippen LogP contribution in [0.25, 0.3) is 10.9 Å². The number of nitrogens with zero attached hydrogens (tertiary/aromatic N) is 2. The van der Waals surface area contributed by atoms with Gasteiger partial charge in [0.1, 0.15) is 5.75 Å². The number of rotatable bonds is 10. The van der Waals surface area contributed by atoms with Gasteiger partial charge in [-0.15, -0.1) is 0 Å². The van der Waals surface area contributed by atoms with Crippen molar-refractivity contribution >= 4 is 22.8 Å². The Kier molecular flexibility index (Phi) is 8.97. The number of likely N-dealkylation sites (tertiary alicyclic amines) is 1. The van der Waals surface area contributed by atoms with Crippen molar-refractivity contribution in [2.24, 2.45) is 0 Å². The molecule has 208 valence electrons. The van der Waals surface area contributed by atoms with Crippen molar-refractivity contribution in [3.63, 3.8) is 0 Å². The Morgan fingerprint density at radius 1 is 0.925 bits per heavy atom. The number of hydrogen-bond donors (Lipinski definition) is 1. The smallest absolute Gasteiger partial charge is 0.343 e. The molecule has 40 heavy (non-hydrogen) atoms. The van der Waals surface area contributed by atoms with Crippen LogP contribution in [-0.4, -0.2) is 47.0 Å². The number of aromatic nitrogens is 1. The summed E-state index contributed by atoms with van der Waals surface area (Å²) < 4.78 is 7.93. The van der Waals surface area contributed by atoms with Crippen LogP contribution in [0.15, 0.2) is 78.9 Å². The molecule has 1 aliphatic heterocycles. The van der Waals surface area contributed by atoms with E-state index in [9.17, 15) is 9.59 Å². The van der Waals surface area contributed by atoms with E-state index in [1.165, 1.54) is 5.56 Å². The van der Waals surface area contributed by atoms with Crippen LogP contribution in [0.1, 0.15) is 64.6 Å². The number of ether oxygens (including phenoxy) is 1. The number of unbranched alkanes of at least 4 members (excludes halogenated alkanes) is 1. The summed E-state index contributed by atoms with van der Waals surface area (Å²) in [6.45, 7) is 8.03. The summed E-state index contributed by atoms with van der Waals surface area (Å²) in [5.74, 6) is -0.0195.